The number of nitrogens with zero attached hydrogens (tertiary/aromatic N) is 3. The number of carbonyl (C=O) groups excluding carboxylic acids is 2. The zero-order chi connectivity index (χ0) is 23.9. The fourth-order valence-electron chi connectivity index (χ4n) is 3.40. The minimum absolute atomic E-state index is 0.0801. The van der Waals surface area contributed by atoms with E-state index in [-0.39, 0.29) is 11.1 Å². The Bertz CT molecular complexity index is 1200. The molecule has 0 saturated carbocycles. The minimum atomic E-state index is -0.263. The van der Waals surface area contributed by atoms with Crippen LogP contribution in [0.15, 0.2) is 72.0 Å². The Morgan fingerprint density at radius 2 is 1.85 bits per heavy atom. The summed E-state index contributed by atoms with van der Waals surface area (Å²) in [5, 5.41) is 8.83. The minimum Gasteiger partial charge on any atom is -0.493 e. The highest BCUT2D eigenvalue weighted by Gasteiger charge is 2.22. The van der Waals surface area contributed by atoms with Gasteiger partial charge in [0.2, 0.25) is 0 Å². The van der Waals surface area contributed by atoms with Crippen LogP contribution < -0.4 is 14.8 Å². The van der Waals surface area contributed by atoms with Crippen LogP contribution in [0.2, 0.25) is 0 Å². The van der Waals surface area contributed by atoms with E-state index in [4.69, 9.17) is 9.47 Å². The van der Waals surface area contributed by atoms with E-state index >= 15 is 0 Å². The van der Waals surface area contributed by atoms with Crippen molar-refractivity contribution in [3.63, 3.8) is 0 Å². The van der Waals surface area contributed by atoms with Crippen molar-refractivity contribution in [3.05, 3.63) is 83.7 Å². The number of aromatic nitrogens is 1. The number of pyridine rings is 1. The first kappa shape index (κ1) is 23.3. The summed E-state index contributed by atoms with van der Waals surface area (Å²) in [6.45, 7) is 0.447. The summed E-state index contributed by atoms with van der Waals surface area (Å²) in [5.41, 5.74) is 3.75. The molecular weight excluding hydrogens is 452 g/mol. The molecule has 3 aromatic rings. The van der Waals surface area contributed by atoms with Crippen molar-refractivity contribution in [2.75, 3.05) is 31.8 Å². The SMILES string of the molecule is COc1ccc(C2=NN(CCc3ccc(NC(=O)c4ccccn4)cc3)C(=O)SC2)cc1OC. The summed E-state index contributed by atoms with van der Waals surface area (Å²) in [5.74, 6) is 1.49. The molecule has 0 bridgehead atoms. The number of amides is 2. The molecule has 1 aromatic heterocycles. The molecule has 1 N–H and O–H groups in total. The standard InChI is InChI=1S/C25H24N4O4S/c1-32-22-11-8-18(15-23(22)33-2)21-16-34-25(31)29(28-21)14-12-17-6-9-19(10-7-17)27-24(30)20-5-3-4-13-26-20/h3-11,13,15H,12,14,16H2,1-2H3,(H,27,30). The third kappa shape index (κ3) is 5.55. The fourth-order valence-corrected chi connectivity index (χ4v) is 4.17. The molecule has 0 aliphatic carbocycles. The molecular formula is C25H24N4O4S. The lowest BCUT2D eigenvalue weighted by Gasteiger charge is -2.23. The molecule has 0 spiro atoms. The van der Waals surface area contributed by atoms with Crippen LogP contribution in [0.25, 0.3) is 0 Å². The number of benzene rings is 2. The smallest absolute Gasteiger partial charge is 0.302 e. The zero-order valence-corrected chi connectivity index (χ0v) is 19.7. The summed E-state index contributed by atoms with van der Waals surface area (Å²) in [4.78, 5) is 28.7. The summed E-state index contributed by atoms with van der Waals surface area (Å²) in [6, 6.07) is 18.3. The number of hydrazone groups is 1. The van der Waals surface area contributed by atoms with E-state index in [0.717, 1.165) is 16.8 Å². The molecule has 0 fully saturated rings. The van der Waals surface area contributed by atoms with Gasteiger partial charge in [-0.25, -0.2) is 5.01 Å². The van der Waals surface area contributed by atoms with E-state index in [9.17, 15) is 9.59 Å². The van der Waals surface area contributed by atoms with Gasteiger partial charge in [0, 0.05) is 29.7 Å². The van der Waals surface area contributed by atoms with Crippen molar-refractivity contribution in [1.82, 2.24) is 9.99 Å². The van der Waals surface area contributed by atoms with Crippen LogP contribution >= 0.6 is 11.8 Å². The van der Waals surface area contributed by atoms with E-state index in [1.165, 1.54) is 16.8 Å². The Balaban J connectivity index is 1.39. The number of methoxy groups -OCH3 is 2. The maximum Gasteiger partial charge on any atom is 0.302 e. The topological polar surface area (TPSA) is 93.1 Å². The zero-order valence-electron chi connectivity index (χ0n) is 18.9. The van der Waals surface area contributed by atoms with Crippen molar-refractivity contribution in [3.8, 4) is 11.5 Å². The maximum atomic E-state index is 12.4. The number of nitrogens with one attached hydrogen (secondary N) is 1. The van der Waals surface area contributed by atoms with Crippen molar-refractivity contribution in [2.24, 2.45) is 5.10 Å². The molecule has 4 rings (SSSR count). The monoisotopic (exact) mass is 476 g/mol. The molecule has 0 unspecified atom stereocenters. The van der Waals surface area contributed by atoms with Gasteiger partial charge in [-0.3, -0.25) is 14.6 Å². The first-order valence-electron chi connectivity index (χ1n) is 10.6. The lowest BCUT2D eigenvalue weighted by Crippen LogP contribution is -2.31. The number of anilines is 1. The Labute approximate surface area is 202 Å². The van der Waals surface area contributed by atoms with Gasteiger partial charge in [-0.15, -0.1) is 0 Å². The summed E-state index contributed by atoms with van der Waals surface area (Å²) >= 11 is 1.23. The van der Waals surface area contributed by atoms with Crippen molar-refractivity contribution >= 4 is 34.3 Å². The predicted molar refractivity (Wildman–Crippen MR) is 133 cm³/mol. The van der Waals surface area contributed by atoms with Gasteiger partial charge < -0.3 is 14.8 Å². The molecule has 174 valence electrons. The molecule has 0 saturated heterocycles. The number of hydrogen-bond acceptors (Lipinski definition) is 7. The highest BCUT2D eigenvalue weighted by molar-refractivity contribution is 8.14. The van der Waals surface area contributed by atoms with Crippen molar-refractivity contribution in [1.29, 1.82) is 0 Å². The molecule has 2 heterocycles. The number of carbonyl (C=O) groups is 2. The second-order valence-electron chi connectivity index (χ2n) is 7.41. The predicted octanol–water partition coefficient (Wildman–Crippen LogP) is 4.47. The van der Waals surface area contributed by atoms with Gasteiger partial charge >= 0.3 is 5.24 Å². The molecule has 1 aliphatic heterocycles. The van der Waals surface area contributed by atoms with E-state index in [0.29, 0.717) is 41.6 Å². The summed E-state index contributed by atoms with van der Waals surface area (Å²) in [7, 11) is 3.18. The largest absolute Gasteiger partial charge is 0.493 e. The average Bonchev–Trinajstić information content (AvgIpc) is 2.89. The van der Waals surface area contributed by atoms with E-state index in [2.05, 4.69) is 15.4 Å². The fraction of sp³-hybridized carbons (Fsp3) is 0.200. The van der Waals surface area contributed by atoms with Gasteiger partial charge in [-0.2, -0.15) is 5.10 Å². The van der Waals surface area contributed by atoms with Gasteiger partial charge in [0.15, 0.2) is 11.5 Å². The summed E-state index contributed by atoms with van der Waals surface area (Å²) in [6.07, 6.45) is 2.21. The Kier molecular flexibility index (Phi) is 7.44. The highest BCUT2D eigenvalue weighted by atomic mass is 32.2. The van der Waals surface area contributed by atoms with Gasteiger partial charge in [0.25, 0.3) is 5.91 Å². The number of ether oxygens (including phenoxy) is 2. The third-order valence-corrected chi connectivity index (χ3v) is 6.10. The van der Waals surface area contributed by atoms with Gasteiger partial charge in [0.05, 0.1) is 19.9 Å². The lowest BCUT2D eigenvalue weighted by molar-refractivity contribution is 0.102. The first-order valence-corrected chi connectivity index (χ1v) is 11.6. The van der Waals surface area contributed by atoms with Crippen LogP contribution in [0.1, 0.15) is 21.6 Å². The lowest BCUT2D eigenvalue weighted by atomic mass is 10.1. The number of rotatable bonds is 8. The molecule has 8 nitrogen and oxygen atoms in total. The molecule has 0 atom stereocenters. The van der Waals surface area contributed by atoms with Gasteiger partial charge in [-0.1, -0.05) is 30.0 Å². The molecule has 9 heteroatoms. The van der Waals surface area contributed by atoms with Crippen LogP contribution in [0.5, 0.6) is 11.5 Å². The third-order valence-electron chi connectivity index (χ3n) is 5.22. The van der Waals surface area contributed by atoms with E-state index < -0.39 is 0 Å². The molecule has 2 aromatic carbocycles. The van der Waals surface area contributed by atoms with Crippen molar-refractivity contribution < 1.29 is 19.1 Å². The van der Waals surface area contributed by atoms with Crippen LogP contribution in [0.4, 0.5) is 10.5 Å². The highest BCUT2D eigenvalue weighted by Crippen LogP contribution is 2.29. The Morgan fingerprint density at radius 3 is 2.56 bits per heavy atom. The van der Waals surface area contributed by atoms with Gasteiger partial charge in [0.1, 0.15) is 5.69 Å². The molecule has 2 amide bonds. The Morgan fingerprint density at radius 1 is 1.06 bits per heavy atom. The van der Waals surface area contributed by atoms with Crippen LogP contribution in [-0.2, 0) is 6.42 Å². The number of hydrogen-bond donors (Lipinski definition) is 1. The Hall–Kier alpha value is -3.85. The normalized spacial score (nSPS) is 13.3. The quantitative estimate of drug-likeness (QED) is 0.516. The second kappa shape index (κ2) is 10.8. The maximum absolute atomic E-state index is 12.4. The summed E-state index contributed by atoms with van der Waals surface area (Å²) < 4.78 is 10.7. The first-order chi connectivity index (χ1) is 16.6. The van der Waals surface area contributed by atoms with E-state index in [1.54, 1.807) is 38.6 Å². The van der Waals surface area contributed by atoms with Gasteiger partial charge in [-0.05, 0) is 54.4 Å². The van der Waals surface area contributed by atoms with E-state index in [1.807, 2.05) is 42.5 Å². The van der Waals surface area contributed by atoms with Crippen LogP contribution in [0, 0.1) is 0 Å². The average molecular weight is 477 g/mol. The molecule has 1 aliphatic rings. The molecule has 34 heavy (non-hydrogen) atoms. The van der Waals surface area contributed by atoms with Crippen molar-refractivity contribution in [2.45, 2.75) is 6.42 Å². The number of thioether (sulfide) groups is 1. The second-order valence-corrected chi connectivity index (χ2v) is 8.34. The van der Waals surface area contributed by atoms with Crippen LogP contribution in [0.3, 0.4) is 0 Å². The van der Waals surface area contributed by atoms with Crippen LogP contribution in [-0.4, -0.2) is 53.4 Å². The molecule has 0 radical (unpaired) electrons.